The van der Waals surface area contributed by atoms with Crippen LogP contribution < -0.4 is 5.32 Å². The van der Waals surface area contributed by atoms with Crippen LogP contribution >= 0.6 is 0 Å². The third-order valence-corrected chi connectivity index (χ3v) is 3.90. The molecule has 6 nitrogen and oxygen atoms in total. The number of carbonyl (C=O) groups excluding carboxylic acids is 1. The van der Waals surface area contributed by atoms with Gasteiger partial charge in [-0.3, -0.25) is 9.69 Å². The van der Waals surface area contributed by atoms with Crippen LogP contribution in [0.4, 0.5) is 5.69 Å². The molecule has 0 radical (unpaired) electrons. The Balaban J connectivity index is 2.05. The Bertz CT molecular complexity index is 680. The van der Waals surface area contributed by atoms with Gasteiger partial charge < -0.3 is 10.4 Å². The first-order valence-electron chi connectivity index (χ1n) is 8.16. The lowest BCUT2D eigenvalue weighted by Gasteiger charge is -2.17. The molecule has 1 aromatic carbocycles. The normalized spacial score (nSPS) is 12.4. The van der Waals surface area contributed by atoms with Gasteiger partial charge in [0.15, 0.2) is 0 Å². The van der Waals surface area contributed by atoms with Gasteiger partial charge in [0.1, 0.15) is 0 Å². The minimum absolute atomic E-state index is 0.0816. The minimum atomic E-state index is -0.357. The number of carbonyl (C=O) groups is 1. The van der Waals surface area contributed by atoms with Gasteiger partial charge in [0.2, 0.25) is 5.91 Å². The number of benzene rings is 1. The van der Waals surface area contributed by atoms with Crippen molar-refractivity contribution in [1.82, 2.24) is 14.7 Å². The van der Waals surface area contributed by atoms with Crippen molar-refractivity contribution in [2.75, 3.05) is 25.5 Å². The molecule has 0 spiro atoms. The molecule has 0 saturated heterocycles. The molecule has 2 aromatic rings. The second-order valence-electron chi connectivity index (χ2n) is 6.22. The van der Waals surface area contributed by atoms with Crippen molar-refractivity contribution in [2.45, 2.75) is 33.3 Å². The topological polar surface area (TPSA) is 70.4 Å². The second-order valence-corrected chi connectivity index (χ2v) is 6.22. The van der Waals surface area contributed by atoms with E-state index in [-0.39, 0.29) is 18.6 Å². The maximum absolute atomic E-state index is 12.3. The van der Waals surface area contributed by atoms with Gasteiger partial charge in [-0.2, -0.15) is 5.10 Å². The highest BCUT2D eigenvalue weighted by Crippen LogP contribution is 2.22. The molecule has 2 N–H and O–H groups in total. The number of nitrogens with one attached hydrogen (secondary N) is 1. The number of nitrogens with zero attached hydrogens (tertiary/aromatic N) is 3. The number of aromatic nitrogens is 2. The minimum Gasteiger partial charge on any atom is -0.393 e. The van der Waals surface area contributed by atoms with Gasteiger partial charge in [0, 0.05) is 6.54 Å². The second kappa shape index (κ2) is 8.08. The Hall–Kier alpha value is -2.18. The van der Waals surface area contributed by atoms with E-state index in [1.54, 1.807) is 6.92 Å². The van der Waals surface area contributed by atoms with Crippen LogP contribution in [0.5, 0.6) is 0 Å². The smallest absolute Gasteiger partial charge is 0.238 e. The molecule has 1 atom stereocenters. The van der Waals surface area contributed by atoms with E-state index < -0.39 is 0 Å². The maximum Gasteiger partial charge on any atom is 0.238 e. The summed E-state index contributed by atoms with van der Waals surface area (Å²) in [6.07, 6.45) is 0.289. The molecule has 130 valence electrons. The van der Waals surface area contributed by atoms with Crippen LogP contribution in [0.1, 0.15) is 24.7 Å². The predicted octanol–water partition coefficient (Wildman–Crippen LogP) is 2.13. The van der Waals surface area contributed by atoms with Gasteiger partial charge >= 0.3 is 0 Å². The number of aliphatic hydroxyl groups excluding tert-OH is 1. The van der Waals surface area contributed by atoms with E-state index in [1.807, 2.05) is 60.8 Å². The van der Waals surface area contributed by atoms with Crippen molar-refractivity contribution < 1.29 is 9.90 Å². The molecule has 0 saturated carbocycles. The van der Waals surface area contributed by atoms with Crippen molar-refractivity contribution >= 4 is 11.6 Å². The summed E-state index contributed by atoms with van der Waals surface area (Å²) in [6.45, 7) is 6.53. The SMILES string of the molecule is Cc1nn(-c2ccccc2)c(C)c1NC(=O)CN(C)CCC(C)O. The molecule has 24 heavy (non-hydrogen) atoms. The maximum atomic E-state index is 12.3. The number of amides is 1. The zero-order valence-corrected chi connectivity index (χ0v) is 14.8. The molecule has 6 heteroatoms. The predicted molar refractivity (Wildman–Crippen MR) is 95.5 cm³/mol. The fraction of sp³-hybridized carbons (Fsp3) is 0.444. The first-order valence-corrected chi connectivity index (χ1v) is 8.16. The Labute approximate surface area is 143 Å². The van der Waals surface area contributed by atoms with Gasteiger partial charge in [0.25, 0.3) is 0 Å². The molecule has 0 aliphatic carbocycles. The fourth-order valence-corrected chi connectivity index (χ4v) is 2.55. The highest BCUT2D eigenvalue weighted by Gasteiger charge is 2.16. The quantitative estimate of drug-likeness (QED) is 0.816. The Morgan fingerprint density at radius 1 is 1.33 bits per heavy atom. The zero-order chi connectivity index (χ0) is 17.7. The zero-order valence-electron chi connectivity index (χ0n) is 14.8. The number of rotatable bonds is 7. The van der Waals surface area contributed by atoms with Crippen molar-refractivity contribution in [3.63, 3.8) is 0 Å². The summed E-state index contributed by atoms with van der Waals surface area (Å²) in [5.41, 5.74) is 3.41. The van der Waals surface area contributed by atoms with Crippen LogP contribution in [0.3, 0.4) is 0 Å². The van der Waals surface area contributed by atoms with E-state index in [1.165, 1.54) is 0 Å². The molecular weight excluding hydrogens is 304 g/mol. The van der Waals surface area contributed by atoms with Crippen molar-refractivity contribution in [3.05, 3.63) is 41.7 Å². The standard InChI is InChI=1S/C18H26N4O2/c1-13(23)10-11-21(4)12-17(24)19-18-14(2)20-22(15(18)3)16-8-6-5-7-9-16/h5-9,13,23H,10-12H2,1-4H3,(H,19,24). The van der Waals surface area contributed by atoms with Crippen molar-refractivity contribution in [3.8, 4) is 5.69 Å². The van der Waals surface area contributed by atoms with Crippen molar-refractivity contribution in [1.29, 1.82) is 0 Å². The molecule has 1 amide bonds. The Morgan fingerprint density at radius 2 is 2.00 bits per heavy atom. The van der Waals surface area contributed by atoms with Crippen LogP contribution in [0.15, 0.2) is 30.3 Å². The first-order chi connectivity index (χ1) is 11.4. The number of hydrogen-bond donors (Lipinski definition) is 2. The number of likely N-dealkylation sites (N-methyl/N-ethyl adjacent to an activating group) is 1. The van der Waals surface area contributed by atoms with Crippen molar-refractivity contribution in [2.24, 2.45) is 0 Å². The highest BCUT2D eigenvalue weighted by molar-refractivity contribution is 5.93. The van der Waals surface area contributed by atoms with E-state index in [9.17, 15) is 9.90 Å². The molecule has 1 unspecified atom stereocenters. The summed E-state index contributed by atoms with van der Waals surface area (Å²) >= 11 is 0. The van der Waals surface area contributed by atoms with Crippen LogP contribution in [0, 0.1) is 13.8 Å². The van der Waals surface area contributed by atoms with Gasteiger partial charge in [-0.1, -0.05) is 18.2 Å². The monoisotopic (exact) mass is 330 g/mol. The molecule has 1 aromatic heterocycles. The third kappa shape index (κ3) is 4.66. The van der Waals surface area contributed by atoms with E-state index in [4.69, 9.17) is 0 Å². The number of para-hydroxylation sites is 1. The van der Waals surface area contributed by atoms with Crippen LogP contribution in [-0.4, -0.2) is 51.9 Å². The lowest BCUT2D eigenvalue weighted by molar-refractivity contribution is -0.117. The Kier molecular flexibility index (Phi) is 6.11. The number of aryl methyl sites for hydroxylation is 1. The summed E-state index contributed by atoms with van der Waals surface area (Å²) in [6, 6.07) is 9.84. The number of hydrogen-bond acceptors (Lipinski definition) is 4. The van der Waals surface area contributed by atoms with Gasteiger partial charge in [-0.15, -0.1) is 0 Å². The summed E-state index contributed by atoms with van der Waals surface area (Å²) in [5, 5.41) is 16.8. The lowest BCUT2D eigenvalue weighted by atomic mass is 10.2. The van der Waals surface area contributed by atoms with Crippen LogP contribution in [0.25, 0.3) is 5.69 Å². The average molecular weight is 330 g/mol. The van der Waals surface area contributed by atoms with E-state index in [2.05, 4.69) is 10.4 Å². The third-order valence-electron chi connectivity index (χ3n) is 3.90. The van der Waals surface area contributed by atoms with E-state index in [0.29, 0.717) is 13.0 Å². The molecule has 0 fully saturated rings. The highest BCUT2D eigenvalue weighted by atomic mass is 16.3. The number of anilines is 1. The largest absolute Gasteiger partial charge is 0.393 e. The van der Waals surface area contributed by atoms with Crippen LogP contribution in [-0.2, 0) is 4.79 Å². The summed E-state index contributed by atoms with van der Waals surface area (Å²) < 4.78 is 1.84. The molecule has 0 bridgehead atoms. The molecule has 2 rings (SSSR count). The first kappa shape index (κ1) is 18.2. The molecule has 0 aliphatic rings. The molecule has 0 aliphatic heterocycles. The van der Waals surface area contributed by atoms with E-state index in [0.717, 1.165) is 22.8 Å². The van der Waals surface area contributed by atoms with E-state index >= 15 is 0 Å². The summed E-state index contributed by atoms with van der Waals surface area (Å²) in [4.78, 5) is 14.2. The molecular formula is C18H26N4O2. The number of aliphatic hydroxyl groups is 1. The fourth-order valence-electron chi connectivity index (χ4n) is 2.55. The summed E-state index contributed by atoms with van der Waals surface area (Å²) in [7, 11) is 1.87. The molecule has 1 heterocycles. The average Bonchev–Trinajstić information content (AvgIpc) is 2.82. The lowest BCUT2D eigenvalue weighted by Crippen LogP contribution is -2.32. The van der Waals surface area contributed by atoms with Gasteiger partial charge in [-0.05, 0) is 46.4 Å². The summed E-state index contributed by atoms with van der Waals surface area (Å²) in [5.74, 6) is -0.0816. The van der Waals surface area contributed by atoms with Gasteiger partial charge in [-0.25, -0.2) is 4.68 Å². The van der Waals surface area contributed by atoms with Crippen LogP contribution in [0.2, 0.25) is 0 Å². The Morgan fingerprint density at radius 3 is 2.62 bits per heavy atom. The van der Waals surface area contributed by atoms with Gasteiger partial charge in [0.05, 0.1) is 35.4 Å².